The van der Waals surface area contributed by atoms with Gasteiger partial charge in [0.1, 0.15) is 0 Å². The van der Waals surface area contributed by atoms with Crippen molar-refractivity contribution >= 4 is 5.91 Å². The van der Waals surface area contributed by atoms with Crippen LogP contribution in [0.2, 0.25) is 0 Å². The highest BCUT2D eigenvalue weighted by Crippen LogP contribution is 2.19. The van der Waals surface area contributed by atoms with Crippen LogP contribution in [-0.2, 0) is 4.79 Å². The number of carbonyl (C=O) groups is 1. The van der Waals surface area contributed by atoms with Crippen molar-refractivity contribution < 1.29 is 4.79 Å². The number of piperidine rings is 1. The fourth-order valence-corrected chi connectivity index (χ4v) is 1.72. The SMILES string of the molecule is C#CC(=O)N1CCC(C(C)N)CC1. The molecule has 0 aliphatic carbocycles. The molecule has 0 bridgehead atoms. The van der Waals surface area contributed by atoms with Crippen LogP contribution in [0.4, 0.5) is 0 Å². The zero-order valence-corrected chi connectivity index (χ0v) is 7.99. The molecule has 72 valence electrons. The Hall–Kier alpha value is -1.01. The number of nitrogens with zero attached hydrogens (tertiary/aromatic N) is 1. The van der Waals surface area contributed by atoms with Crippen molar-refractivity contribution in [3.63, 3.8) is 0 Å². The van der Waals surface area contributed by atoms with Crippen LogP contribution < -0.4 is 5.73 Å². The van der Waals surface area contributed by atoms with E-state index in [1.807, 2.05) is 6.92 Å². The van der Waals surface area contributed by atoms with E-state index >= 15 is 0 Å². The van der Waals surface area contributed by atoms with Gasteiger partial charge in [0.15, 0.2) is 0 Å². The van der Waals surface area contributed by atoms with Crippen LogP contribution in [0.25, 0.3) is 0 Å². The summed E-state index contributed by atoms with van der Waals surface area (Å²) in [6, 6.07) is 0.225. The lowest BCUT2D eigenvalue weighted by atomic mass is 9.91. The summed E-state index contributed by atoms with van der Waals surface area (Å²) in [5, 5.41) is 0. The third-order valence-electron chi connectivity index (χ3n) is 2.69. The Bertz CT molecular complexity index is 222. The zero-order chi connectivity index (χ0) is 9.84. The van der Waals surface area contributed by atoms with Crippen LogP contribution in [0, 0.1) is 18.3 Å². The van der Waals surface area contributed by atoms with E-state index in [1.165, 1.54) is 0 Å². The van der Waals surface area contributed by atoms with Gasteiger partial charge in [-0.25, -0.2) is 0 Å². The Morgan fingerprint density at radius 1 is 1.62 bits per heavy atom. The molecule has 1 rings (SSSR count). The molecule has 0 spiro atoms. The van der Waals surface area contributed by atoms with Crippen molar-refractivity contribution in [1.29, 1.82) is 0 Å². The predicted octanol–water partition coefficient (Wildman–Crippen LogP) is 0.205. The van der Waals surface area contributed by atoms with E-state index < -0.39 is 0 Å². The molecule has 1 heterocycles. The van der Waals surface area contributed by atoms with Crippen LogP contribution in [0.5, 0.6) is 0 Å². The molecular weight excluding hydrogens is 164 g/mol. The van der Waals surface area contributed by atoms with Gasteiger partial charge in [0.25, 0.3) is 5.91 Å². The fourth-order valence-electron chi connectivity index (χ4n) is 1.72. The van der Waals surface area contributed by atoms with Crippen molar-refractivity contribution in [3.8, 4) is 12.3 Å². The van der Waals surface area contributed by atoms with Crippen molar-refractivity contribution in [2.24, 2.45) is 11.7 Å². The van der Waals surface area contributed by atoms with Crippen LogP contribution in [0.3, 0.4) is 0 Å². The van der Waals surface area contributed by atoms with E-state index in [0.29, 0.717) is 5.92 Å². The monoisotopic (exact) mass is 180 g/mol. The second kappa shape index (κ2) is 4.29. The Morgan fingerprint density at radius 2 is 2.15 bits per heavy atom. The molecule has 0 aromatic heterocycles. The lowest BCUT2D eigenvalue weighted by Gasteiger charge is -2.32. The Balaban J connectivity index is 2.40. The highest BCUT2D eigenvalue weighted by Gasteiger charge is 2.23. The van der Waals surface area contributed by atoms with E-state index in [4.69, 9.17) is 12.2 Å². The molecular formula is C10H16N2O. The number of amides is 1. The lowest BCUT2D eigenvalue weighted by Crippen LogP contribution is -2.42. The van der Waals surface area contributed by atoms with Gasteiger partial charge < -0.3 is 10.6 Å². The maximum Gasteiger partial charge on any atom is 0.298 e. The normalized spacial score (nSPS) is 20.8. The van der Waals surface area contributed by atoms with Crippen LogP contribution >= 0.6 is 0 Å². The van der Waals surface area contributed by atoms with Gasteiger partial charge in [0.2, 0.25) is 0 Å². The summed E-state index contributed by atoms with van der Waals surface area (Å²) < 4.78 is 0. The molecule has 0 radical (unpaired) electrons. The minimum Gasteiger partial charge on any atom is -0.332 e. The molecule has 1 aliphatic heterocycles. The van der Waals surface area contributed by atoms with E-state index in [9.17, 15) is 4.79 Å². The van der Waals surface area contributed by atoms with Gasteiger partial charge in [0.05, 0.1) is 0 Å². The zero-order valence-electron chi connectivity index (χ0n) is 7.99. The standard InChI is InChI=1S/C10H16N2O/c1-3-10(13)12-6-4-9(5-7-12)8(2)11/h1,8-9H,4-7,11H2,2H3. The fraction of sp³-hybridized carbons (Fsp3) is 0.700. The number of likely N-dealkylation sites (tertiary alicyclic amines) is 1. The molecule has 0 saturated carbocycles. The van der Waals surface area contributed by atoms with E-state index in [-0.39, 0.29) is 11.9 Å². The first kappa shape index (κ1) is 10.1. The first-order chi connectivity index (χ1) is 6.15. The molecule has 0 aromatic rings. The summed E-state index contributed by atoms with van der Waals surface area (Å²) >= 11 is 0. The van der Waals surface area contributed by atoms with Crippen LogP contribution in [0.1, 0.15) is 19.8 Å². The quantitative estimate of drug-likeness (QED) is 0.586. The van der Waals surface area contributed by atoms with Gasteiger partial charge in [-0.2, -0.15) is 0 Å². The second-order valence-corrected chi connectivity index (χ2v) is 3.63. The number of carbonyl (C=O) groups excluding carboxylic acids is 1. The molecule has 2 N–H and O–H groups in total. The highest BCUT2D eigenvalue weighted by atomic mass is 16.2. The van der Waals surface area contributed by atoms with Crippen molar-refractivity contribution in [2.75, 3.05) is 13.1 Å². The summed E-state index contributed by atoms with van der Waals surface area (Å²) in [6.07, 6.45) is 6.99. The van der Waals surface area contributed by atoms with E-state index in [1.54, 1.807) is 4.90 Å². The van der Waals surface area contributed by atoms with E-state index in [0.717, 1.165) is 25.9 Å². The number of hydrogen-bond acceptors (Lipinski definition) is 2. The smallest absolute Gasteiger partial charge is 0.298 e. The van der Waals surface area contributed by atoms with E-state index in [2.05, 4.69) is 5.92 Å². The summed E-state index contributed by atoms with van der Waals surface area (Å²) in [5.41, 5.74) is 5.78. The van der Waals surface area contributed by atoms with Crippen LogP contribution in [-0.4, -0.2) is 29.9 Å². The van der Waals surface area contributed by atoms with Gasteiger partial charge in [-0.3, -0.25) is 4.79 Å². The third-order valence-corrected chi connectivity index (χ3v) is 2.69. The molecule has 0 aromatic carbocycles. The van der Waals surface area contributed by atoms with Gasteiger partial charge in [-0.1, -0.05) is 0 Å². The van der Waals surface area contributed by atoms with Gasteiger partial charge in [0, 0.05) is 19.1 Å². The van der Waals surface area contributed by atoms with Crippen molar-refractivity contribution in [3.05, 3.63) is 0 Å². The Morgan fingerprint density at radius 3 is 2.54 bits per heavy atom. The Labute approximate surface area is 79.3 Å². The largest absolute Gasteiger partial charge is 0.332 e. The molecule has 3 nitrogen and oxygen atoms in total. The minimum absolute atomic E-state index is 0.192. The molecule has 1 aliphatic rings. The first-order valence-corrected chi connectivity index (χ1v) is 4.66. The van der Waals surface area contributed by atoms with Crippen molar-refractivity contribution in [1.82, 2.24) is 4.90 Å². The molecule has 13 heavy (non-hydrogen) atoms. The summed E-state index contributed by atoms with van der Waals surface area (Å²) in [4.78, 5) is 12.8. The molecule has 1 unspecified atom stereocenters. The van der Waals surface area contributed by atoms with Gasteiger partial charge in [-0.15, -0.1) is 6.42 Å². The average Bonchev–Trinajstić information content (AvgIpc) is 2.17. The maximum atomic E-state index is 11.1. The first-order valence-electron chi connectivity index (χ1n) is 4.66. The molecule has 1 atom stereocenters. The molecule has 1 amide bonds. The number of rotatable bonds is 1. The second-order valence-electron chi connectivity index (χ2n) is 3.63. The van der Waals surface area contributed by atoms with Gasteiger partial charge >= 0.3 is 0 Å². The molecule has 1 fully saturated rings. The Kier molecular flexibility index (Phi) is 3.32. The summed E-state index contributed by atoms with van der Waals surface area (Å²) in [6.45, 7) is 3.54. The molecule has 3 heteroatoms. The van der Waals surface area contributed by atoms with Crippen molar-refractivity contribution in [2.45, 2.75) is 25.8 Å². The predicted molar refractivity (Wildman–Crippen MR) is 51.8 cm³/mol. The number of hydrogen-bond donors (Lipinski definition) is 1. The number of terminal acetylenes is 1. The summed E-state index contributed by atoms with van der Waals surface area (Å²) in [7, 11) is 0. The third kappa shape index (κ3) is 2.46. The minimum atomic E-state index is -0.192. The average molecular weight is 180 g/mol. The summed E-state index contributed by atoms with van der Waals surface area (Å²) in [5.74, 6) is 2.49. The van der Waals surface area contributed by atoms with Gasteiger partial charge in [-0.05, 0) is 31.6 Å². The molecule has 1 saturated heterocycles. The highest BCUT2D eigenvalue weighted by molar-refractivity contribution is 5.92. The maximum absolute atomic E-state index is 11.1. The topological polar surface area (TPSA) is 46.3 Å². The number of nitrogens with two attached hydrogens (primary N) is 1. The van der Waals surface area contributed by atoms with Crippen LogP contribution in [0.15, 0.2) is 0 Å². The lowest BCUT2D eigenvalue weighted by molar-refractivity contribution is -0.126.